The van der Waals surface area contributed by atoms with E-state index in [1.807, 2.05) is 6.92 Å². The van der Waals surface area contributed by atoms with Gasteiger partial charge in [0, 0.05) is 31.6 Å². The third kappa shape index (κ3) is 7.65. The minimum atomic E-state index is -3.64. The molecule has 218 valence electrons. The second-order valence-electron chi connectivity index (χ2n) is 10.4. The van der Waals surface area contributed by atoms with Crippen molar-refractivity contribution in [2.45, 2.75) is 76.9 Å². The van der Waals surface area contributed by atoms with E-state index in [4.69, 9.17) is 9.47 Å². The van der Waals surface area contributed by atoms with Gasteiger partial charge in [-0.05, 0) is 55.5 Å². The Morgan fingerprint density at radius 1 is 1.05 bits per heavy atom. The van der Waals surface area contributed by atoms with Crippen LogP contribution in [0.25, 0.3) is 0 Å². The summed E-state index contributed by atoms with van der Waals surface area (Å²) in [6, 6.07) is 10.2. The van der Waals surface area contributed by atoms with Gasteiger partial charge in [0.2, 0.25) is 28.6 Å². The lowest BCUT2D eigenvalue weighted by molar-refractivity contribution is -0.141. The molecule has 4 rings (SSSR count). The van der Waals surface area contributed by atoms with E-state index in [0.29, 0.717) is 29.2 Å². The van der Waals surface area contributed by atoms with E-state index < -0.39 is 16.1 Å². The summed E-state index contributed by atoms with van der Waals surface area (Å²) in [5.41, 5.74) is 1.12. The third-order valence-electron chi connectivity index (χ3n) is 7.40. The molecule has 1 fully saturated rings. The Hall–Kier alpha value is -3.34. The van der Waals surface area contributed by atoms with Crippen molar-refractivity contribution >= 4 is 27.5 Å². The van der Waals surface area contributed by atoms with Crippen LogP contribution in [-0.4, -0.2) is 56.8 Å². The molecule has 2 aliphatic rings. The highest BCUT2D eigenvalue weighted by atomic mass is 32.2. The fourth-order valence-corrected chi connectivity index (χ4v) is 6.25. The van der Waals surface area contributed by atoms with Crippen molar-refractivity contribution in [3.8, 4) is 11.5 Å². The number of nitrogens with one attached hydrogen (secondary N) is 1. The highest BCUT2D eigenvalue weighted by molar-refractivity contribution is 7.92. The lowest BCUT2D eigenvalue weighted by Gasteiger charge is -2.33. The first-order chi connectivity index (χ1) is 19.2. The molecule has 9 nitrogen and oxygen atoms in total. The first-order valence-electron chi connectivity index (χ1n) is 13.9. The monoisotopic (exact) mass is 575 g/mol. The number of amides is 2. The summed E-state index contributed by atoms with van der Waals surface area (Å²) in [7, 11) is -3.64. The van der Waals surface area contributed by atoms with Crippen LogP contribution in [0.4, 0.5) is 10.1 Å². The summed E-state index contributed by atoms with van der Waals surface area (Å²) in [6.07, 6.45) is 6.95. The van der Waals surface area contributed by atoms with Gasteiger partial charge in [0.25, 0.3) is 0 Å². The molecule has 0 aromatic heterocycles. The van der Waals surface area contributed by atoms with Crippen LogP contribution < -0.4 is 19.1 Å². The fraction of sp³-hybridized carbons (Fsp3) is 0.517. The molecule has 11 heteroatoms. The minimum absolute atomic E-state index is 0.0327. The number of carbonyl (C=O) groups excluding carboxylic acids is 2. The van der Waals surface area contributed by atoms with E-state index in [-0.39, 0.29) is 56.4 Å². The standard InChI is InChI=1S/C29H38FN3O6S/c1-3-25(29(35)31-23-8-5-4-6-9-23)32(19-21-11-13-22(30)14-12-21)28(34)10-7-17-33(40(2,36)37)24-15-16-26-27(18-24)39-20-38-26/h11-16,18,23,25H,3-10,17,19-20H2,1-2H3,(H,31,35)/t25-/m0/s1. The van der Waals surface area contributed by atoms with Crippen molar-refractivity contribution < 1.29 is 31.9 Å². The molecular weight excluding hydrogens is 537 g/mol. The predicted octanol–water partition coefficient (Wildman–Crippen LogP) is 4.36. The number of fused-ring (bicyclic) bond motifs is 1. The van der Waals surface area contributed by atoms with Gasteiger partial charge in [-0.3, -0.25) is 13.9 Å². The second-order valence-corrected chi connectivity index (χ2v) is 12.3. The number of hydrogen-bond donors (Lipinski definition) is 1. The Bertz CT molecular complexity index is 1280. The lowest BCUT2D eigenvalue weighted by Crippen LogP contribution is -2.51. The largest absolute Gasteiger partial charge is 0.454 e. The first kappa shape index (κ1) is 29.6. The van der Waals surface area contributed by atoms with Crippen LogP contribution in [0.15, 0.2) is 42.5 Å². The van der Waals surface area contributed by atoms with E-state index in [1.165, 1.54) is 21.3 Å². The Labute approximate surface area is 235 Å². The predicted molar refractivity (Wildman–Crippen MR) is 150 cm³/mol. The summed E-state index contributed by atoms with van der Waals surface area (Å²) in [6.45, 7) is 2.15. The number of carbonyl (C=O) groups is 2. The van der Waals surface area contributed by atoms with Crippen LogP contribution >= 0.6 is 0 Å². The van der Waals surface area contributed by atoms with Gasteiger partial charge in [-0.25, -0.2) is 12.8 Å². The molecule has 0 radical (unpaired) electrons. The molecule has 0 saturated heterocycles. The average Bonchev–Trinajstić information content (AvgIpc) is 3.40. The normalized spacial score (nSPS) is 15.9. The van der Waals surface area contributed by atoms with Crippen LogP contribution in [0.3, 0.4) is 0 Å². The van der Waals surface area contributed by atoms with Crippen LogP contribution in [-0.2, 0) is 26.2 Å². The van der Waals surface area contributed by atoms with Crippen molar-refractivity contribution in [1.29, 1.82) is 0 Å². The summed E-state index contributed by atoms with van der Waals surface area (Å²) in [4.78, 5) is 28.5. The van der Waals surface area contributed by atoms with Gasteiger partial charge in [-0.2, -0.15) is 0 Å². The van der Waals surface area contributed by atoms with Crippen molar-refractivity contribution in [2.24, 2.45) is 0 Å². The molecule has 1 aliphatic carbocycles. The Morgan fingerprint density at radius 2 is 1.75 bits per heavy atom. The zero-order valence-electron chi connectivity index (χ0n) is 23.1. The molecule has 0 spiro atoms. The van der Waals surface area contributed by atoms with E-state index in [1.54, 1.807) is 30.3 Å². The highest BCUT2D eigenvalue weighted by Crippen LogP contribution is 2.36. The summed E-state index contributed by atoms with van der Waals surface area (Å²) in [5.74, 6) is 0.161. The number of sulfonamides is 1. The van der Waals surface area contributed by atoms with Crippen LogP contribution in [0.1, 0.15) is 63.9 Å². The quantitative estimate of drug-likeness (QED) is 0.403. The van der Waals surface area contributed by atoms with Gasteiger partial charge in [0.15, 0.2) is 11.5 Å². The Kier molecular flexibility index (Phi) is 9.89. The number of ether oxygens (including phenoxy) is 2. The minimum Gasteiger partial charge on any atom is -0.454 e. The second kappa shape index (κ2) is 13.3. The van der Waals surface area contributed by atoms with Gasteiger partial charge >= 0.3 is 0 Å². The summed E-state index contributed by atoms with van der Waals surface area (Å²) >= 11 is 0. The lowest BCUT2D eigenvalue weighted by atomic mass is 9.95. The number of rotatable bonds is 12. The molecule has 40 heavy (non-hydrogen) atoms. The Morgan fingerprint density at radius 3 is 2.42 bits per heavy atom. The van der Waals surface area contributed by atoms with Crippen molar-refractivity contribution in [3.05, 3.63) is 53.8 Å². The molecule has 0 bridgehead atoms. The van der Waals surface area contributed by atoms with Gasteiger partial charge < -0.3 is 19.7 Å². The molecule has 2 amide bonds. The van der Waals surface area contributed by atoms with E-state index in [0.717, 1.165) is 38.4 Å². The van der Waals surface area contributed by atoms with E-state index in [2.05, 4.69) is 5.32 Å². The molecule has 1 heterocycles. The molecule has 1 N–H and O–H groups in total. The van der Waals surface area contributed by atoms with E-state index in [9.17, 15) is 22.4 Å². The van der Waals surface area contributed by atoms with Crippen LogP contribution in [0, 0.1) is 5.82 Å². The molecule has 1 aliphatic heterocycles. The number of hydrogen-bond acceptors (Lipinski definition) is 6. The molecule has 2 aromatic carbocycles. The maximum atomic E-state index is 13.6. The molecule has 1 saturated carbocycles. The topological polar surface area (TPSA) is 105 Å². The third-order valence-corrected chi connectivity index (χ3v) is 8.59. The van der Waals surface area contributed by atoms with Gasteiger partial charge in [0.05, 0.1) is 11.9 Å². The fourth-order valence-electron chi connectivity index (χ4n) is 5.29. The zero-order chi connectivity index (χ0) is 28.7. The number of anilines is 1. The van der Waals surface area contributed by atoms with Crippen molar-refractivity contribution in [1.82, 2.24) is 10.2 Å². The maximum Gasteiger partial charge on any atom is 0.243 e. The zero-order valence-corrected chi connectivity index (χ0v) is 23.9. The van der Waals surface area contributed by atoms with Gasteiger partial charge in [-0.1, -0.05) is 38.3 Å². The molecular formula is C29H38FN3O6S. The summed E-state index contributed by atoms with van der Waals surface area (Å²) in [5, 5.41) is 3.13. The summed E-state index contributed by atoms with van der Waals surface area (Å²) < 4.78 is 50.7. The maximum absolute atomic E-state index is 13.6. The van der Waals surface area contributed by atoms with E-state index >= 15 is 0 Å². The first-order valence-corrected chi connectivity index (χ1v) is 15.7. The smallest absolute Gasteiger partial charge is 0.243 e. The number of nitrogens with zero attached hydrogens (tertiary/aromatic N) is 2. The average molecular weight is 576 g/mol. The Balaban J connectivity index is 1.47. The van der Waals surface area contributed by atoms with Gasteiger partial charge in [0.1, 0.15) is 11.9 Å². The number of benzene rings is 2. The highest BCUT2D eigenvalue weighted by Gasteiger charge is 2.30. The van der Waals surface area contributed by atoms with Crippen LogP contribution in [0.5, 0.6) is 11.5 Å². The molecule has 1 atom stereocenters. The molecule has 0 unspecified atom stereocenters. The molecule has 2 aromatic rings. The number of halogens is 1. The van der Waals surface area contributed by atoms with Gasteiger partial charge in [-0.15, -0.1) is 0 Å². The van der Waals surface area contributed by atoms with Crippen molar-refractivity contribution in [3.63, 3.8) is 0 Å². The van der Waals surface area contributed by atoms with Crippen LogP contribution in [0.2, 0.25) is 0 Å². The SMILES string of the molecule is CC[C@@H](C(=O)NC1CCCCC1)N(Cc1ccc(F)cc1)C(=O)CCCN(c1ccc2c(c1)OCO2)S(C)(=O)=O. The van der Waals surface area contributed by atoms with Crippen molar-refractivity contribution in [2.75, 3.05) is 23.9 Å².